The van der Waals surface area contributed by atoms with Gasteiger partial charge in [-0.05, 0) is 0 Å². The van der Waals surface area contributed by atoms with Crippen molar-refractivity contribution in [1.82, 2.24) is 0 Å². The number of rotatable bonds is 3. The van der Waals surface area contributed by atoms with E-state index in [0.717, 1.165) is 13.2 Å². The number of carbonyl (C=O) groups excluding carboxylic acids is 2. The second-order valence-electron chi connectivity index (χ2n) is 2.48. The summed E-state index contributed by atoms with van der Waals surface area (Å²) in [6.07, 6.45) is 0.246. The Morgan fingerprint density at radius 3 is 2.60 bits per heavy atom. The lowest BCUT2D eigenvalue weighted by atomic mass is 10.2. The average molecular weight is 212 g/mol. The van der Waals surface area contributed by atoms with Gasteiger partial charge in [0.2, 0.25) is 0 Å². The Kier molecular flexibility index (Phi) is 3.22. The van der Waals surface area contributed by atoms with Crippen molar-refractivity contribution >= 4 is 12.3 Å². The monoisotopic (exact) mass is 212 g/mol. The van der Waals surface area contributed by atoms with Crippen LogP contribution in [0.1, 0.15) is 20.9 Å². The number of esters is 1. The number of hydrogen-bond donors (Lipinski definition) is 0. The van der Waals surface area contributed by atoms with Crippen LogP contribution in [0, 0.1) is 0 Å². The van der Waals surface area contributed by atoms with E-state index in [1.54, 1.807) is 0 Å². The summed E-state index contributed by atoms with van der Waals surface area (Å²) in [4.78, 5) is 32.8. The van der Waals surface area contributed by atoms with Crippen molar-refractivity contribution in [3.8, 4) is 5.75 Å². The molecule has 0 amide bonds. The topological polar surface area (TPSA) is 82.8 Å². The molecule has 0 fully saturated rings. The molecule has 80 valence electrons. The van der Waals surface area contributed by atoms with Gasteiger partial charge in [0.25, 0.3) is 0 Å². The largest absolute Gasteiger partial charge is 0.495 e. The first-order chi connectivity index (χ1) is 7.13. The van der Waals surface area contributed by atoms with Crippen LogP contribution in [-0.2, 0) is 4.74 Å². The summed E-state index contributed by atoms with van der Waals surface area (Å²) in [6.45, 7) is 0. The molecular weight excluding hydrogens is 204 g/mol. The molecule has 0 saturated carbocycles. The summed E-state index contributed by atoms with van der Waals surface area (Å²) in [5, 5.41) is 0. The predicted octanol–water partition coefficient (Wildman–Crippen LogP) is 0.247. The zero-order chi connectivity index (χ0) is 11.4. The first-order valence-corrected chi connectivity index (χ1v) is 3.89. The summed E-state index contributed by atoms with van der Waals surface area (Å²) in [5.74, 6) is -1.27. The molecule has 6 heteroatoms. The molecule has 0 N–H and O–H groups in total. The molecule has 0 atom stereocenters. The molecule has 1 aromatic rings. The lowest BCUT2D eigenvalue weighted by Crippen LogP contribution is -2.12. The third kappa shape index (κ3) is 2.04. The Balaban J connectivity index is 3.50. The standard InChI is InChI=1S/C9H8O6/c1-13-5-3-7(11)15-6(4-10)8(5)9(12)14-2/h3-4H,1-2H3. The number of carbonyl (C=O) groups is 2. The van der Waals surface area contributed by atoms with Crippen LogP contribution in [0.3, 0.4) is 0 Å². The van der Waals surface area contributed by atoms with Crippen LogP contribution in [0.5, 0.6) is 5.75 Å². The second-order valence-corrected chi connectivity index (χ2v) is 2.48. The molecule has 0 radical (unpaired) electrons. The molecule has 0 aromatic carbocycles. The number of ether oxygens (including phenoxy) is 2. The van der Waals surface area contributed by atoms with Crippen molar-refractivity contribution < 1.29 is 23.5 Å². The van der Waals surface area contributed by atoms with Gasteiger partial charge in [-0.15, -0.1) is 0 Å². The Labute approximate surface area is 84.4 Å². The van der Waals surface area contributed by atoms with Crippen LogP contribution in [0.4, 0.5) is 0 Å². The van der Waals surface area contributed by atoms with Crippen LogP contribution >= 0.6 is 0 Å². The highest BCUT2D eigenvalue weighted by Crippen LogP contribution is 2.19. The molecule has 0 aliphatic heterocycles. The van der Waals surface area contributed by atoms with Crippen LogP contribution in [0.15, 0.2) is 15.3 Å². The summed E-state index contributed by atoms with van der Waals surface area (Å²) in [7, 11) is 2.40. The molecule has 1 aromatic heterocycles. The third-order valence-electron chi connectivity index (χ3n) is 1.67. The molecular formula is C9H8O6. The highest BCUT2D eigenvalue weighted by atomic mass is 16.5. The summed E-state index contributed by atoms with van der Waals surface area (Å²) < 4.78 is 13.7. The number of hydrogen-bond acceptors (Lipinski definition) is 6. The first-order valence-electron chi connectivity index (χ1n) is 3.89. The predicted molar refractivity (Wildman–Crippen MR) is 48.3 cm³/mol. The maximum Gasteiger partial charge on any atom is 0.345 e. The van der Waals surface area contributed by atoms with Gasteiger partial charge < -0.3 is 13.9 Å². The van der Waals surface area contributed by atoms with Gasteiger partial charge in [0.15, 0.2) is 12.0 Å². The fourth-order valence-electron chi connectivity index (χ4n) is 1.04. The molecule has 0 unspecified atom stereocenters. The zero-order valence-corrected chi connectivity index (χ0v) is 8.10. The van der Waals surface area contributed by atoms with Crippen molar-refractivity contribution in [2.75, 3.05) is 14.2 Å². The number of methoxy groups -OCH3 is 2. The van der Waals surface area contributed by atoms with E-state index in [1.165, 1.54) is 7.11 Å². The molecule has 0 saturated heterocycles. The van der Waals surface area contributed by atoms with Gasteiger partial charge in [-0.2, -0.15) is 0 Å². The van der Waals surface area contributed by atoms with E-state index in [9.17, 15) is 14.4 Å². The van der Waals surface area contributed by atoms with E-state index in [-0.39, 0.29) is 17.6 Å². The van der Waals surface area contributed by atoms with E-state index < -0.39 is 17.4 Å². The maximum atomic E-state index is 11.3. The molecule has 6 nitrogen and oxygen atoms in total. The minimum absolute atomic E-state index is 0.0554. The van der Waals surface area contributed by atoms with Gasteiger partial charge in [-0.25, -0.2) is 9.59 Å². The quantitative estimate of drug-likeness (QED) is 0.527. The summed E-state index contributed by atoms with van der Waals surface area (Å²) in [6, 6.07) is 0.958. The van der Waals surface area contributed by atoms with Crippen LogP contribution in [0.25, 0.3) is 0 Å². The van der Waals surface area contributed by atoms with Crippen molar-refractivity contribution in [3.63, 3.8) is 0 Å². The molecule has 1 rings (SSSR count). The van der Waals surface area contributed by atoms with Crippen LogP contribution < -0.4 is 10.4 Å². The Morgan fingerprint density at radius 1 is 1.47 bits per heavy atom. The lowest BCUT2D eigenvalue weighted by Gasteiger charge is -2.06. The zero-order valence-electron chi connectivity index (χ0n) is 8.10. The minimum atomic E-state index is -0.808. The average Bonchev–Trinajstić information content (AvgIpc) is 2.26. The molecule has 15 heavy (non-hydrogen) atoms. The van der Waals surface area contributed by atoms with Gasteiger partial charge >= 0.3 is 11.6 Å². The van der Waals surface area contributed by atoms with Gasteiger partial charge in [0.1, 0.15) is 11.3 Å². The molecule has 0 aliphatic carbocycles. The Morgan fingerprint density at radius 2 is 2.13 bits per heavy atom. The molecule has 1 heterocycles. The fraction of sp³-hybridized carbons (Fsp3) is 0.222. The van der Waals surface area contributed by atoms with Gasteiger partial charge in [-0.3, -0.25) is 4.79 Å². The second kappa shape index (κ2) is 4.41. The Hall–Kier alpha value is -2.11. The SMILES string of the molecule is COC(=O)c1c(OC)cc(=O)oc1C=O. The highest BCUT2D eigenvalue weighted by molar-refractivity contribution is 5.98. The first kappa shape index (κ1) is 11.0. The maximum absolute atomic E-state index is 11.3. The van der Waals surface area contributed by atoms with Gasteiger partial charge in [0, 0.05) is 0 Å². The normalized spacial score (nSPS) is 9.47. The van der Waals surface area contributed by atoms with E-state index in [2.05, 4.69) is 9.15 Å². The van der Waals surface area contributed by atoms with Crippen LogP contribution in [-0.4, -0.2) is 26.5 Å². The highest BCUT2D eigenvalue weighted by Gasteiger charge is 2.21. The van der Waals surface area contributed by atoms with Gasteiger partial charge in [-0.1, -0.05) is 0 Å². The van der Waals surface area contributed by atoms with Crippen molar-refractivity contribution in [2.24, 2.45) is 0 Å². The third-order valence-corrected chi connectivity index (χ3v) is 1.67. The van der Waals surface area contributed by atoms with Crippen molar-refractivity contribution in [3.05, 3.63) is 27.8 Å². The molecule has 0 aliphatic rings. The van der Waals surface area contributed by atoms with Gasteiger partial charge in [0.05, 0.1) is 20.3 Å². The van der Waals surface area contributed by atoms with Crippen molar-refractivity contribution in [1.29, 1.82) is 0 Å². The summed E-state index contributed by atoms with van der Waals surface area (Å²) >= 11 is 0. The fourth-order valence-corrected chi connectivity index (χ4v) is 1.04. The van der Waals surface area contributed by atoms with E-state index in [4.69, 9.17) is 4.74 Å². The van der Waals surface area contributed by atoms with E-state index in [1.807, 2.05) is 0 Å². The molecule has 0 spiro atoms. The van der Waals surface area contributed by atoms with E-state index >= 15 is 0 Å². The van der Waals surface area contributed by atoms with Crippen LogP contribution in [0.2, 0.25) is 0 Å². The molecule has 0 bridgehead atoms. The Bertz CT molecular complexity index is 444. The smallest absolute Gasteiger partial charge is 0.345 e. The minimum Gasteiger partial charge on any atom is -0.495 e. The number of aldehydes is 1. The lowest BCUT2D eigenvalue weighted by molar-refractivity contribution is 0.0589. The van der Waals surface area contributed by atoms with E-state index in [0.29, 0.717) is 0 Å². The van der Waals surface area contributed by atoms with Crippen molar-refractivity contribution in [2.45, 2.75) is 0 Å². The summed E-state index contributed by atoms with van der Waals surface area (Å²) in [5.41, 5.74) is -0.976.